The Bertz CT molecular complexity index is 105. The van der Waals surface area contributed by atoms with Gasteiger partial charge in [-0.2, -0.15) is 0 Å². The molecule has 0 aliphatic carbocycles. The predicted molar refractivity (Wildman–Crippen MR) is 39.2 cm³/mol. The van der Waals surface area contributed by atoms with Crippen molar-refractivity contribution in [3.63, 3.8) is 0 Å². The van der Waals surface area contributed by atoms with Gasteiger partial charge in [0.1, 0.15) is 6.29 Å². The molecule has 0 bridgehead atoms. The summed E-state index contributed by atoms with van der Waals surface area (Å²) in [4.78, 5) is 10.2. The molecule has 0 heterocycles. The summed E-state index contributed by atoms with van der Waals surface area (Å²) < 4.78 is 0. The van der Waals surface area contributed by atoms with Crippen molar-refractivity contribution in [3.8, 4) is 0 Å². The Balaban J connectivity index is 3.71. The zero-order valence-electron chi connectivity index (χ0n) is 6.29. The average molecular weight is 126 g/mol. The van der Waals surface area contributed by atoms with E-state index in [1.807, 2.05) is 32.9 Å². The third kappa shape index (κ3) is 3.07. The van der Waals surface area contributed by atoms with E-state index in [0.29, 0.717) is 5.92 Å². The van der Waals surface area contributed by atoms with Crippen molar-refractivity contribution in [1.82, 2.24) is 0 Å². The summed E-state index contributed by atoms with van der Waals surface area (Å²) in [5.41, 5.74) is 0. The van der Waals surface area contributed by atoms with Crippen molar-refractivity contribution in [1.29, 1.82) is 0 Å². The summed E-state index contributed by atoms with van der Waals surface area (Å²) in [5, 5.41) is 0. The zero-order chi connectivity index (χ0) is 7.28. The molecule has 0 aromatic carbocycles. The molecule has 0 aromatic heterocycles. The topological polar surface area (TPSA) is 17.1 Å². The maximum atomic E-state index is 10.2. The predicted octanol–water partition coefficient (Wildman–Crippen LogP) is 2.03. The van der Waals surface area contributed by atoms with Crippen LogP contribution in [-0.2, 0) is 4.79 Å². The monoisotopic (exact) mass is 126 g/mol. The fourth-order valence-corrected chi connectivity index (χ4v) is 0.603. The van der Waals surface area contributed by atoms with E-state index < -0.39 is 0 Å². The first kappa shape index (κ1) is 8.41. The Kier molecular flexibility index (Phi) is 4.02. The molecule has 0 fully saturated rings. The first-order valence-corrected chi connectivity index (χ1v) is 3.30. The molecule has 0 spiro atoms. The van der Waals surface area contributed by atoms with Crippen LogP contribution in [0.3, 0.4) is 0 Å². The van der Waals surface area contributed by atoms with E-state index in [0.717, 1.165) is 6.29 Å². The molecule has 2 unspecified atom stereocenters. The van der Waals surface area contributed by atoms with Gasteiger partial charge in [0, 0.05) is 5.92 Å². The number of aldehydes is 1. The Labute approximate surface area is 56.8 Å². The fraction of sp³-hybridized carbons (Fsp3) is 0.625. The Morgan fingerprint density at radius 2 is 1.78 bits per heavy atom. The van der Waals surface area contributed by atoms with E-state index in [1.165, 1.54) is 0 Å². The minimum atomic E-state index is 0.154. The second-order valence-electron chi connectivity index (χ2n) is 2.38. The summed E-state index contributed by atoms with van der Waals surface area (Å²) in [6.45, 7) is 5.94. The summed E-state index contributed by atoms with van der Waals surface area (Å²) in [7, 11) is 0. The van der Waals surface area contributed by atoms with E-state index in [1.54, 1.807) is 0 Å². The van der Waals surface area contributed by atoms with Gasteiger partial charge in [-0.1, -0.05) is 26.0 Å². The van der Waals surface area contributed by atoms with Crippen LogP contribution in [0.25, 0.3) is 0 Å². The van der Waals surface area contributed by atoms with Gasteiger partial charge in [-0.3, -0.25) is 0 Å². The van der Waals surface area contributed by atoms with E-state index in [-0.39, 0.29) is 5.92 Å². The number of hydrogen-bond donors (Lipinski definition) is 0. The third-order valence-electron chi connectivity index (χ3n) is 1.54. The first-order valence-electron chi connectivity index (χ1n) is 3.30. The number of rotatable bonds is 3. The van der Waals surface area contributed by atoms with Crippen LogP contribution < -0.4 is 0 Å². The summed E-state index contributed by atoms with van der Waals surface area (Å²) in [5.74, 6) is 0.536. The van der Waals surface area contributed by atoms with Gasteiger partial charge < -0.3 is 4.79 Å². The van der Waals surface area contributed by atoms with Crippen molar-refractivity contribution in [2.24, 2.45) is 11.8 Å². The molecule has 52 valence electrons. The Morgan fingerprint density at radius 1 is 1.22 bits per heavy atom. The van der Waals surface area contributed by atoms with E-state index in [2.05, 4.69) is 0 Å². The highest BCUT2D eigenvalue weighted by Crippen LogP contribution is 2.08. The molecule has 0 aliphatic heterocycles. The first-order chi connectivity index (χ1) is 4.22. The molecule has 0 amide bonds. The van der Waals surface area contributed by atoms with E-state index in [9.17, 15) is 4.79 Å². The summed E-state index contributed by atoms with van der Waals surface area (Å²) in [6.07, 6.45) is 5.01. The van der Waals surface area contributed by atoms with Crippen molar-refractivity contribution >= 4 is 6.29 Å². The molecule has 0 saturated heterocycles. The van der Waals surface area contributed by atoms with Gasteiger partial charge in [-0.25, -0.2) is 0 Å². The lowest BCUT2D eigenvalue weighted by Crippen LogP contribution is -2.05. The van der Waals surface area contributed by atoms with Crippen molar-refractivity contribution in [2.75, 3.05) is 0 Å². The quantitative estimate of drug-likeness (QED) is 0.417. The molecule has 0 radical (unpaired) electrons. The second kappa shape index (κ2) is 4.30. The Morgan fingerprint density at radius 3 is 2.11 bits per heavy atom. The van der Waals surface area contributed by atoms with Crippen molar-refractivity contribution in [3.05, 3.63) is 12.2 Å². The van der Waals surface area contributed by atoms with E-state index in [4.69, 9.17) is 0 Å². The summed E-state index contributed by atoms with van der Waals surface area (Å²) >= 11 is 0. The number of carbonyl (C=O) groups is 1. The highest BCUT2D eigenvalue weighted by atomic mass is 16.1. The largest absolute Gasteiger partial charge is 0.303 e. The van der Waals surface area contributed by atoms with Crippen LogP contribution in [0, 0.1) is 11.8 Å². The minimum absolute atomic E-state index is 0.154. The third-order valence-corrected chi connectivity index (χ3v) is 1.54. The molecule has 9 heavy (non-hydrogen) atoms. The Hall–Kier alpha value is -0.590. The molecular formula is C8H14O. The van der Waals surface area contributed by atoms with Crippen molar-refractivity contribution in [2.45, 2.75) is 20.8 Å². The average Bonchev–Trinajstić information content (AvgIpc) is 1.87. The van der Waals surface area contributed by atoms with Crippen molar-refractivity contribution < 1.29 is 4.79 Å². The van der Waals surface area contributed by atoms with Gasteiger partial charge in [0.2, 0.25) is 0 Å². The van der Waals surface area contributed by atoms with Crippen LogP contribution in [-0.4, -0.2) is 6.29 Å². The number of carbonyl (C=O) groups excluding carboxylic acids is 1. The standard InChI is InChI=1S/C8H14O/c1-4-5-7(2)8(3)6-9/h4-8H,1-3H3. The lowest BCUT2D eigenvalue weighted by atomic mass is 9.97. The molecule has 0 aromatic rings. The van der Waals surface area contributed by atoms with Gasteiger partial charge in [0.25, 0.3) is 0 Å². The van der Waals surface area contributed by atoms with Crippen LogP contribution in [0.5, 0.6) is 0 Å². The van der Waals surface area contributed by atoms with Gasteiger partial charge in [-0.05, 0) is 12.8 Å². The van der Waals surface area contributed by atoms with Crippen LogP contribution in [0.1, 0.15) is 20.8 Å². The lowest BCUT2D eigenvalue weighted by Gasteiger charge is -2.06. The van der Waals surface area contributed by atoms with Gasteiger partial charge in [0.05, 0.1) is 0 Å². The second-order valence-corrected chi connectivity index (χ2v) is 2.38. The molecule has 0 rings (SSSR count). The summed E-state index contributed by atoms with van der Waals surface area (Å²) in [6, 6.07) is 0. The smallest absolute Gasteiger partial charge is 0.123 e. The maximum absolute atomic E-state index is 10.2. The highest BCUT2D eigenvalue weighted by molar-refractivity contribution is 5.53. The van der Waals surface area contributed by atoms with Crippen LogP contribution in [0.4, 0.5) is 0 Å². The number of allylic oxidation sites excluding steroid dienone is 2. The molecular weight excluding hydrogens is 112 g/mol. The zero-order valence-corrected chi connectivity index (χ0v) is 6.29. The molecule has 2 atom stereocenters. The maximum Gasteiger partial charge on any atom is 0.123 e. The van der Waals surface area contributed by atoms with Crippen LogP contribution in [0.2, 0.25) is 0 Å². The van der Waals surface area contributed by atoms with Crippen LogP contribution >= 0.6 is 0 Å². The normalized spacial score (nSPS) is 17.7. The molecule has 1 nitrogen and oxygen atoms in total. The van der Waals surface area contributed by atoms with Gasteiger partial charge in [0.15, 0.2) is 0 Å². The minimum Gasteiger partial charge on any atom is -0.303 e. The highest BCUT2D eigenvalue weighted by Gasteiger charge is 2.05. The SMILES string of the molecule is CC=CC(C)C(C)C=O. The molecule has 1 heteroatoms. The van der Waals surface area contributed by atoms with Gasteiger partial charge in [-0.15, -0.1) is 0 Å². The molecule has 0 N–H and O–H groups in total. The molecule has 0 saturated carbocycles. The lowest BCUT2D eigenvalue weighted by molar-refractivity contribution is -0.111. The van der Waals surface area contributed by atoms with Crippen LogP contribution in [0.15, 0.2) is 12.2 Å². The fourth-order valence-electron chi connectivity index (χ4n) is 0.603. The van der Waals surface area contributed by atoms with Gasteiger partial charge >= 0.3 is 0 Å². The molecule has 0 aliphatic rings. The number of hydrogen-bond acceptors (Lipinski definition) is 1. The van der Waals surface area contributed by atoms with E-state index >= 15 is 0 Å².